The van der Waals surface area contributed by atoms with Gasteiger partial charge in [0.15, 0.2) is 0 Å². The third-order valence-electron chi connectivity index (χ3n) is 0. The summed E-state index contributed by atoms with van der Waals surface area (Å²) in [5.41, 5.74) is 0. The summed E-state index contributed by atoms with van der Waals surface area (Å²) in [5.74, 6) is 0. The summed E-state index contributed by atoms with van der Waals surface area (Å²) in [4.78, 5) is 0. The Morgan fingerprint density at radius 1 is 0.625 bits per heavy atom. The fourth-order valence-electron chi connectivity index (χ4n) is 0. The van der Waals surface area contributed by atoms with E-state index in [2.05, 4.69) is 0 Å². The van der Waals surface area contributed by atoms with Crippen molar-refractivity contribution in [3.05, 3.63) is 7.43 Å². The van der Waals surface area contributed by atoms with Gasteiger partial charge in [-0.05, 0) is 0 Å². The summed E-state index contributed by atoms with van der Waals surface area (Å²) < 4.78 is 0. The minimum atomic E-state index is 0. The zero-order chi connectivity index (χ0) is 6.00. The van der Waals surface area contributed by atoms with Gasteiger partial charge in [-0.15, -0.1) is 0 Å². The van der Waals surface area contributed by atoms with E-state index < -0.39 is 0 Å². The molecule has 0 aliphatic carbocycles. The molecule has 0 bridgehead atoms. The van der Waals surface area contributed by atoms with Crippen LogP contribution in [0.3, 0.4) is 0 Å². The van der Waals surface area contributed by atoms with Crippen molar-refractivity contribution < 1.29 is 41.5 Å². The van der Waals surface area contributed by atoms with Crippen molar-refractivity contribution >= 4 is 0 Å². The van der Waals surface area contributed by atoms with E-state index in [1.165, 1.54) is 0 Å². The molecule has 0 N–H and O–H groups in total. The third-order valence-corrected chi connectivity index (χ3v) is 0. The molecule has 0 unspecified atom stereocenters. The number of hydrogen-bond donors (Lipinski definition) is 0. The van der Waals surface area contributed by atoms with E-state index >= 15 is 0 Å². The molecule has 0 radical (unpaired) electrons. The van der Waals surface area contributed by atoms with Crippen molar-refractivity contribution in [3.63, 3.8) is 0 Å². The molecular weight excluding hydrogens is 187 g/mol. The van der Waals surface area contributed by atoms with E-state index in [4.69, 9.17) is 15.3 Å². The van der Waals surface area contributed by atoms with Crippen LogP contribution in [0.1, 0.15) is 0 Å². The molecule has 0 atom stereocenters. The van der Waals surface area contributed by atoms with Gasteiger partial charge in [0.1, 0.15) is 0 Å². The fourth-order valence-corrected chi connectivity index (χ4v) is 0. The standard InChI is InChI=1S/3CH3O.CH3.Zr/c3*1-2;;/h3*1H3;1H3;/q4*-1;+4. The van der Waals surface area contributed by atoms with Crippen molar-refractivity contribution in [2.75, 3.05) is 21.3 Å². The summed E-state index contributed by atoms with van der Waals surface area (Å²) in [6.07, 6.45) is 0. The van der Waals surface area contributed by atoms with Gasteiger partial charge in [-0.1, -0.05) is 0 Å². The Labute approximate surface area is 70.5 Å². The van der Waals surface area contributed by atoms with Crippen LogP contribution < -0.4 is 15.3 Å². The molecule has 0 aromatic heterocycles. The van der Waals surface area contributed by atoms with Crippen molar-refractivity contribution in [2.45, 2.75) is 0 Å². The molecule has 0 aliphatic heterocycles. The normalized spacial score (nSPS) is 2.25. The van der Waals surface area contributed by atoms with Gasteiger partial charge in [0.25, 0.3) is 0 Å². The molecule has 0 aromatic rings. The molecule has 50 valence electrons. The van der Waals surface area contributed by atoms with Crippen molar-refractivity contribution in [2.24, 2.45) is 0 Å². The van der Waals surface area contributed by atoms with E-state index in [0.29, 0.717) is 0 Å². The Morgan fingerprint density at radius 2 is 0.625 bits per heavy atom. The minimum absolute atomic E-state index is 0. The summed E-state index contributed by atoms with van der Waals surface area (Å²) in [6.45, 7) is 0. The van der Waals surface area contributed by atoms with E-state index in [1.807, 2.05) is 0 Å². The van der Waals surface area contributed by atoms with Crippen LogP contribution in [0.25, 0.3) is 0 Å². The van der Waals surface area contributed by atoms with Crippen molar-refractivity contribution in [1.29, 1.82) is 0 Å². The van der Waals surface area contributed by atoms with Gasteiger partial charge in [0.05, 0.1) is 0 Å². The molecule has 0 spiro atoms. The van der Waals surface area contributed by atoms with Gasteiger partial charge in [-0.25, -0.2) is 0 Å². The van der Waals surface area contributed by atoms with E-state index in [0.717, 1.165) is 21.3 Å². The maximum absolute atomic E-state index is 8.25. The number of rotatable bonds is 0. The molecule has 0 saturated carbocycles. The first-order valence-corrected chi connectivity index (χ1v) is 1.22. The maximum Gasteiger partial charge on any atom is 4.00 e. The largest absolute Gasteiger partial charge is 4.00 e. The second-order valence-corrected chi connectivity index (χ2v) is 0. The van der Waals surface area contributed by atoms with Crippen LogP contribution in [-0.4, -0.2) is 21.3 Å². The van der Waals surface area contributed by atoms with Crippen molar-refractivity contribution in [3.8, 4) is 0 Å². The molecule has 0 fully saturated rings. The van der Waals surface area contributed by atoms with E-state index in [-0.39, 0.29) is 33.6 Å². The average Bonchev–Trinajstić information content (AvgIpc) is 1.81. The first-order valence-electron chi connectivity index (χ1n) is 1.22. The van der Waals surface area contributed by atoms with Crippen molar-refractivity contribution in [1.82, 2.24) is 0 Å². The minimum Gasteiger partial charge on any atom is -0.857 e. The quantitative estimate of drug-likeness (QED) is 0.401. The average molecular weight is 199 g/mol. The monoisotopic (exact) mass is 198 g/mol. The van der Waals surface area contributed by atoms with Gasteiger partial charge in [-0.3, -0.25) is 0 Å². The maximum atomic E-state index is 8.25. The Balaban J connectivity index is -0.00000000500. The zero-order valence-electron chi connectivity index (χ0n) is 5.72. The molecule has 3 nitrogen and oxygen atoms in total. The predicted octanol–water partition coefficient (Wildman–Crippen LogP) is -2.62. The van der Waals surface area contributed by atoms with E-state index in [9.17, 15) is 0 Å². The molecule has 0 aliphatic rings. The Morgan fingerprint density at radius 3 is 0.625 bits per heavy atom. The van der Waals surface area contributed by atoms with Crippen LogP contribution in [0.15, 0.2) is 0 Å². The second kappa shape index (κ2) is 610. The molecule has 0 aromatic carbocycles. The second-order valence-electron chi connectivity index (χ2n) is 0. The summed E-state index contributed by atoms with van der Waals surface area (Å²) in [7, 11) is 2.25. The van der Waals surface area contributed by atoms with Gasteiger partial charge in [0, 0.05) is 0 Å². The van der Waals surface area contributed by atoms with Crippen LogP contribution in [-0.2, 0) is 26.2 Å². The molecule has 8 heavy (non-hydrogen) atoms. The fraction of sp³-hybridized carbons (Fsp3) is 0.750. The Bertz CT molecular complexity index is 11.2. The van der Waals surface area contributed by atoms with Gasteiger partial charge in [0.2, 0.25) is 0 Å². The Kier molecular flexibility index (Phi) is 2840. The van der Waals surface area contributed by atoms with Crippen LogP contribution in [0.4, 0.5) is 0 Å². The van der Waals surface area contributed by atoms with Crippen LogP contribution >= 0.6 is 0 Å². The topological polar surface area (TPSA) is 69.2 Å². The third kappa shape index (κ3) is 386. The van der Waals surface area contributed by atoms with E-state index in [1.54, 1.807) is 0 Å². The Hall–Kier alpha value is 0.763. The number of hydrogen-bond acceptors (Lipinski definition) is 3. The molecule has 0 rings (SSSR count). The summed E-state index contributed by atoms with van der Waals surface area (Å²) in [5, 5.41) is 24.8. The SMILES string of the molecule is C[O-].C[O-].C[O-].[CH3-].[Zr+4]. The molecule has 0 heterocycles. The van der Waals surface area contributed by atoms with Crippen LogP contribution in [0, 0.1) is 7.43 Å². The molecule has 4 heteroatoms. The molecule has 0 saturated heterocycles. The van der Waals surface area contributed by atoms with Crippen LogP contribution in [0.2, 0.25) is 0 Å². The first-order chi connectivity index (χ1) is 3.00. The summed E-state index contributed by atoms with van der Waals surface area (Å²) in [6, 6.07) is 0. The van der Waals surface area contributed by atoms with Gasteiger partial charge >= 0.3 is 26.2 Å². The van der Waals surface area contributed by atoms with Gasteiger partial charge < -0.3 is 22.7 Å². The van der Waals surface area contributed by atoms with Gasteiger partial charge in [-0.2, -0.15) is 21.3 Å². The zero-order valence-corrected chi connectivity index (χ0v) is 8.18. The molecular formula is C4H12O3Zr. The predicted molar refractivity (Wildman–Crippen MR) is 24.2 cm³/mol. The smallest absolute Gasteiger partial charge is 0.857 e. The molecule has 0 amide bonds. The van der Waals surface area contributed by atoms with Crippen LogP contribution in [0.5, 0.6) is 0 Å². The first kappa shape index (κ1) is 37.3. The summed E-state index contributed by atoms with van der Waals surface area (Å²) >= 11 is 0.